The van der Waals surface area contributed by atoms with Gasteiger partial charge in [0.25, 0.3) is 11.8 Å². The lowest BCUT2D eigenvalue weighted by Crippen LogP contribution is -2.44. The van der Waals surface area contributed by atoms with Gasteiger partial charge < -0.3 is 57.6 Å². The first kappa shape index (κ1) is 64.0. The molecule has 0 saturated carbocycles. The first-order chi connectivity index (χ1) is 42.4. The summed E-state index contributed by atoms with van der Waals surface area (Å²) in [6.07, 6.45) is -2.12. The number of phenolic OH excluding ortho intramolecular Hbond substituents is 2. The Labute approximate surface area is 508 Å². The van der Waals surface area contributed by atoms with Crippen molar-refractivity contribution in [3.63, 3.8) is 0 Å². The maximum absolute atomic E-state index is 14.8. The minimum atomic E-state index is -1.21. The van der Waals surface area contributed by atoms with Crippen LogP contribution in [-0.4, -0.2) is 128 Å². The van der Waals surface area contributed by atoms with Crippen LogP contribution in [0.4, 0.5) is 43.7 Å². The zero-order chi connectivity index (χ0) is 63.1. The van der Waals surface area contributed by atoms with E-state index in [9.17, 15) is 29.4 Å². The summed E-state index contributed by atoms with van der Waals surface area (Å²) in [5.74, 6) is -2.11. The van der Waals surface area contributed by atoms with Crippen LogP contribution >= 0.6 is 0 Å². The molecule has 458 valence electrons. The van der Waals surface area contributed by atoms with E-state index < -0.39 is 46.7 Å². The highest BCUT2D eigenvalue weighted by molar-refractivity contribution is 6.24. The Hall–Kier alpha value is -10.0. The van der Waals surface area contributed by atoms with E-state index in [2.05, 4.69) is 20.5 Å². The number of phenols is 2. The number of carbonyl (C=O) groups is 4. The predicted molar refractivity (Wildman–Crippen MR) is 331 cm³/mol. The van der Waals surface area contributed by atoms with Crippen LogP contribution in [0.5, 0.6) is 34.5 Å². The van der Waals surface area contributed by atoms with Gasteiger partial charge in [0.1, 0.15) is 56.9 Å². The third-order valence-corrected chi connectivity index (χ3v) is 13.6. The van der Waals surface area contributed by atoms with Crippen LogP contribution in [0.25, 0.3) is 32.7 Å². The molecule has 0 aliphatic carbocycles. The Morgan fingerprint density at radius 1 is 0.432 bits per heavy atom. The Bertz CT molecular complexity index is 3650. The molecule has 8 aromatic carbocycles. The second kappa shape index (κ2) is 28.9. The largest absolute Gasteiger partial charge is 0.505 e. The number of fused-ring (bicyclic) bond motifs is 2. The van der Waals surface area contributed by atoms with Crippen molar-refractivity contribution in [2.75, 3.05) is 92.1 Å². The number of benzene rings is 8. The summed E-state index contributed by atoms with van der Waals surface area (Å²) in [4.78, 5) is 59.7. The number of rotatable bonds is 25. The smallest absolute Gasteiger partial charge is 0.422 e. The van der Waals surface area contributed by atoms with Crippen molar-refractivity contribution in [2.24, 2.45) is 20.5 Å². The monoisotopic (exact) mass is 1200 g/mol. The molecular formula is C66H68N6O16. The molecule has 0 atom stereocenters. The molecule has 0 unspecified atom stereocenters. The molecule has 22 nitrogen and oxygen atoms in total. The fraction of sp³-hybridized carbons (Fsp3) is 0.273. The number of methoxy groups -OCH3 is 6. The first-order valence-electron chi connectivity index (χ1n) is 27.6. The van der Waals surface area contributed by atoms with Gasteiger partial charge in [0.05, 0.1) is 90.6 Å². The molecule has 0 aromatic heterocycles. The molecule has 0 aliphatic rings. The molecule has 88 heavy (non-hydrogen) atoms. The number of amides is 4. The maximum Gasteiger partial charge on any atom is 0.422 e. The van der Waals surface area contributed by atoms with Crippen LogP contribution in [0.3, 0.4) is 0 Å². The van der Waals surface area contributed by atoms with Gasteiger partial charge in [0.2, 0.25) is 0 Å². The highest BCUT2D eigenvalue weighted by Gasteiger charge is 2.37. The van der Waals surface area contributed by atoms with E-state index in [0.29, 0.717) is 45.9 Å². The number of anilines is 2. The summed E-state index contributed by atoms with van der Waals surface area (Å²) in [7, 11) is 8.78. The van der Waals surface area contributed by atoms with Crippen molar-refractivity contribution in [2.45, 2.75) is 38.9 Å². The minimum Gasteiger partial charge on any atom is -0.505 e. The Morgan fingerprint density at radius 3 is 1.17 bits per heavy atom. The Morgan fingerprint density at radius 2 is 0.795 bits per heavy atom. The van der Waals surface area contributed by atoms with E-state index in [1.165, 1.54) is 66.9 Å². The average Bonchev–Trinajstić information content (AvgIpc) is 0.947. The second-order valence-electron chi connectivity index (χ2n) is 20.8. The Kier molecular flexibility index (Phi) is 21.0. The molecule has 0 radical (unpaired) electrons. The molecule has 0 saturated heterocycles. The standard InChI is InChI=1S/C66H68N6O16/c1-65(2,39-85-33-31-79-5)87-63(77)71(51-23-15-17-25-53(51)81-7)61(75)47-35-43-19-11-13-21-45(43)57(59(47)73)69-67-49-29-27-41(37-55(49)83-9)42-28-30-50(56(38-42)84-10)68-70-58-46-22-14-12-20-44(46)36-48(60(58)74)62(76)72(52-24-16-18-26-54(52)82-8)64(78)88-66(3,4)40-86-34-32-80-6/h11-30,35-38,73-74H,31-34,39-40H2,1-10H3. The molecule has 8 rings (SSSR count). The van der Waals surface area contributed by atoms with E-state index in [-0.39, 0.29) is 94.7 Å². The van der Waals surface area contributed by atoms with Gasteiger partial charge in [-0.2, -0.15) is 0 Å². The normalized spacial score (nSPS) is 11.7. The van der Waals surface area contributed by atoms with Crippen molar-refractivity contribution >= 4 is 79.7 Å². The molecule has 8 aromatic rings. The predicted octanol–water partition coefficient (Wildman–Crippen LogP) is 14.4. The summed E-state index contributed by atoms with van der Waals surface area (Å²) in [6, 6.07) is 39.8. The van der Waals surface area contributed by atoms with E-state index in [1.54, 1.807) is 149 Å². The van der Waals surface area contributed by atoms with Gasteiger partial charge in [0, 0.05) is 25.0 Å². The first-order valence-corrected chi connectivity index (χ1v) is 27.6. The van der Waals surface area contributed by atoms with Gasteiger partial charge in [0.15, 0.2) is 11.5 Å². The average molecular weight is 1200 g/mol. The fourth-order valence-corrected chi connectivity index (χ4v) is 9.25. The molecule has 22 heteroatoms. The lowest BCUT2D eigenvalue weighted by Gasteiger charge is -2.29. The molecule has 0 heterocycles. The van der Waals surface area contributed by atoms with E-state index in [0.717, 1.165) is 9.80 Å². The topological polar surface area (TPSA) is 257 Å². The van der Waals surface area contributed by atoms with E-state index in [4.69, 9.17) is 47.4 Å². The SMILES string of the molecule is COCCOCC(C)(C)OC(=O)N(C(=O)c1cc2ccccc2c(N=Nc2ccc(-c3ccc(N=Nc4c(O)c(C(=O)N(C(=O)OC(C)(C)COCCOC)c5ccccc5OC)cc5ccccc45)c(OC)c3)cc2OC)c1O)c1ccccc1OC. The van der Waals surface area contributed by atoms with Gasteiger partial charge in [-0.3, -0.25) is 9.59 Å². The van der Waals surface area contributed by atoms with Crippen molar-refractivity contribution in [3.05, 3.63) is 157 Å². The quantitative estimate of drug-likeness (QED) is 0.0398. The molecule has 0 aliphatic heterocycles. The van der Waals surface area contributed by atoms with E-state index in [1.807, 2.05) is 0 Å². The van der Waals surface area contributed by atoms with Crippen LogP contribution in [0.1, 0.15) is 48.4 Å². The van der Waals surface area contributed by atoms with Crippen molar-refractivity contribution in [1.82, 2.24) is 0 Å². The van der Waals surface area contributed by atoms with E-state index >= 15 is 0 Å². The third-order valence-electron chi connectivity index (χ3n) is 13.6. The van der Waals surface area contributed by atoms with Crippen LogP contribution in [-0.2, 0) is 28.4 Å². The minimum absolute atomic E-state index is 0.0158. The molecule has 2 N–H and O–H groups in total. The third kappa shape index (κ3) is 14.8. The van der Waals surface area contributed by atoms with Crippen LogP contribution in [0.15, 0.2) is 166 Å². The van der Waals surface area contributed by atoms with Crippen LogP contribution in [0.2, 0.25) is 0 Å². The number of nitrogens with zero attached hydrogens (tertiary/aromatic N) is 6. The highest BCUT2D eigenvalue weighted by atomic mass is 16.6. The molecule has 0 fully saturated rings. The van der Waals surface area contributed by atoms with Gasteiger partial charge >= 0.3 is 12.2 Å². The lowest BCUT2D eigenvalue weighted by molar-refractivity contribution is -0.0403. The van der Waals surface area contributed by atoms with Gasteiger partial charge in [-0.05, 0) is 110 Å². The van der Waals surface area contributed by atoms with Crippen molar-refractivity contribution < 1.29 is 76.8 Å². The van der Waals surface area contributed by atoms with Crippen molar-refractivity contribution in [1.29, 1.82) is 0 Å². The number of aromatic hydroxyl groups is 2. The zero-order valence-corrected chi connectivity index (χ0v) is 50.4. The van der Waals surface area contributed by atoms with Crippen molar-refractivity contribution in [3.8, 4) is 45.6 Å². The summed E-state index contributed by atoms with van der Waals surface area (Å²) >= 11 is 0. The lowest BCUT2D eigenvalue weighted by atomic mass is 10.0. The van der Waals surface area contributed by atoms with Gasteiger partial charge in [-0.1, -0.05) is 84.9 Å². The zero-order valence-electron chi connectivity index (χ0n) is 50.4. The molecule has 0 spiro atoms. The summed E-state index contributed by atoms with van der Waals surface area (Å²) in [6.45, 7) is 7.63. The number of azo groups is 2. The number of imide groups is 2. The number of hydrogen-bond acceptors (Lipinski definition) is 20. The van der Waals surface area contributed by atoms with Crippen LogP contribution < -0.4 is 28.7 Å². The second-order valence-corrected chi connectivity index (χ2v) is 20.8. The van der Waals surface area contributed by atoms with Gasteiger partial charge in [-0.25, -0.2) is 19.4 Å². The summed E-state index contributed by atoms with van der Waals surface area (Å²) in [5.41, 5.74) is -1.22. The molecule has 4 amide bonds. The maximum atomic E-state index is 14.8. The number of hydrogen-bond donors (Lipinski definition) is 2. The number of para-hydroxylation sites is 4. The van der Waals surface area contributed by atoms with Crippen LogP contribution in [0, 0.1) is 0 Å². The highest BCUT2D eigenvalue weighted by Crippen LogP contribution is 2.45. The number of carbonyl (C=O) groups excluding carboxylic acids is 4. The summed E-state index contributed by atoms with van der Waals surface area (Å²) in [5, 5.41) is 44.0. The summed E-state index contributed by atoms with van der Waals surface area (Å²) < 4.78 is 56.0. The molecular weight excluding hydrogens is 1130 g/mol. The molecule has 0 bridgehead atoms. The van der Waals surface area contributed by atoms with Gasteiger partial charge in [-0.15, -0.1) is 20.5 Å². The Balaban J connectivity index is 1.10. The number of ether oxygens (including phenoxy) is 10. The fourth-order valence-electron chi connectivity index (χ4n) is 9.25.